The van der Waals surface area contributed by atoms with Gasteiger partial charge in [0.15, 0.2) is 5.03 Å². The van der Waals surface area contributed by atoms with Crippen molar-refractivity contribution in [1.29, 1.82) is 0 Å². The number of carbonyl (C=O) groups excluding carboxylic acids is 1. The highest BCUT2D eigenvalue weighted by atomic mass is 32.2. The molecule has 1 aliphatic heterocycles. The maximum atomic E-state index is 13.7. The molecule has 1 amide bonds. The molecule has 0 saturated carbocycles. The lowest BCUT2D eigenvalue weighted by atomic mass is 9.98. The normalized spacial score (nSPS) is 19.0. The SMILES string of the molecule is CC1CC(F)(F)CCN1c1ncc(C(F)(F)F)cc1C(=O)Nc1ccnc(S(N)(=O)=O)c1. The molecule has 3 N–H and O–H groups in total. The summed E-state index contributed by atoms with van der Waals surface area (Å²) >= 11 is 0. The number of rotatable bonds is 4. The van der Waals surface area contributed by atoms with E-state index >= 15 is 0 Å². The molecule has 1 saturated heterocycles. The number of sulfonamides is 1. The molecule has 0 radical (unpaired) electrons. The highest BCUT2D eigenvalue weighted by molar-refractivity contribution is 7.89. The Morgan fingerprint density at radius 3 is 2.56 bits per heavy atom. The number of amides is 1. The summed E-state index contributed by atoms with van der Waals surface area (Å²) in [7, 11) is -4.20. The second kappa shape index (κ2) is 8.24. The number of piperidine rings is 1. The first-order valence-corrected chi connectivity index (χ1v) is 10.7. The van der Waals surface area contributed by atoms with Crippen molar-refractivity contribution >= 4 is 27.4 Å². The molecule has 1 aliphatic rings. The molecule has 1 atom stereocenters. The quantitative estimate of drug-likeness (QED) is 0.651. The largest absolute Gasteiger partial charge is 0.417 e. The van der Waals surface area contributed by atoms with Crippen LogP contribution in [0.15, 0.2) is 35.6 Å². The van der Waals surface area contributed by atoms with Gasteiger partial charge in [0.25, 0.3) is 21.9 Å². The van der Waals surface area contributed by atoms with Gasteiger partial charge in [-0.15, -0.1) is 0 Å². The average molecular weight is 479 g/mol. The molecule has 174 valence electrons. The number of nitrogens with one attached hydrogen (secondary N) is 1. The van der Waals surface area contributed by atoms with E-state index in [0.29, 0.717) is 12.3 Å². The lowest BCUT2D eigenvalue weighted by molar-refractivity contribution is -0.137. The van der Waals surface area contributed by atoms with Crippen molar-refractivity contribution in [3.05, 3.63) is 41.7 Å². The summed E-state index contributed by atoms with van der Waals surface area (Å²) in [6, 6.07) is 1.90. The van der Waals surface area contributed by atoms with E-state index in [1.807, 2.05) is 0 Å². The molecule has 14 heteroatoms. The van der Waals surface area contributed by atoms with Crippen LogP contribution < -0.4 is 15.4 Å². The Morgan fingerprint density at radius 2 is 1.97 bits per heavy atom. The summed E-state index contributed by atoms with van der Waals surface area (Å²) in [6.07, 6.45) is -4.35. The Bertz CT molecular complexity index is 1140. The first-order chi connectivity index (χ1) is 14.7. The lowest BCUT2D eigenvalue weighted by Crippen LogP contribution is -2.46. The van der Waals surface area contributed by atoms with Gasteiger partial charge in [-0.05, 0) is 19.1 Å². The number of anilines is 2. The molecule has 32 heavy (non-hydrogen) atoms. The van der Waals surface area contributed by atoms with Crippen LogP contribution >= 0.6 is 0 Å². The minimum Gasteiger partial charge on any atom is -0.353 e. The minimum absolute atomic E-state index is 0.101. The molecule has 0 spiro atoms. The molecular weight excluding hydrogens is 461 g/mol. The van der Waals surface area contributed by atoms with Gasteiger partial charge in [0, 0.05) is 49.6 Å². The molecule has 0 aromatic carbocycles. The van der Waals surface area contributed by atoms with Crippen LogP contribution in [0.2, 0.25) is 0 Å². The van der Waals surface area contributed by atoms with Crippen LogP contribution in [0.25, 0.3) is 0 Å². The lowest BCUT2D eigenvalue weighted by Gasteiger charge is -2.39. The van der Waals surface area contributed by atoms with Gasteiger partial charge in [-0.3, -0.25) is 4.79 Å². The van der Waals surface area contributed by atoms with Gasteiger partial charge in [0.05, 0.1) is 11.1 Å². The number of halogens is 5. The van der Waals surface area contributed by atoms with E-state index in [0.717, 1.165) is 12.3 Å². The van der Waals surface area contributed by atoms with Gasteiger partial charge in [0.1, 0.15) is 5.82 Å². The predicted molar refractivity (Wildman–Crippen MR) is 104 cm³/mol. The minimum atomic E-state index is -4.81. The van der Waals surface area contributed by atoms with Gasteiger partial charge >= 0.3 is 6.18 Å². The van der Waals surface area contributed by atoms with Crippen molar-refractivity contribution in [3.8, 4) is 0 Å². The second-order valence-corrected chi connectivity index (χ2v) is 8.84. The van der Waals surface area contributed by atoms with Crippen molar-refractivity contribution in [3.63, 3.8) is 0 Å². The molecule has 3 rings (SSSR count). The number of alkyl halides is 5. The Morgan fingerprint density at radius 1 is 1.28 bits per heavy atom. The highest BCUT2D eigenvalue weighted by Gasteiger charge is 2.40. The number of hydrogen-bond acceptors (Lipinski definition) is 6. The van der Waals surface area contributed by atoms with Crippen LogP contribution in [-0.2, 0) is 16.2 Å². The van der Waals surface area contributed by atoms with Crippen molar-refractivity contribution in [1.82, 2.24) is 9.97 Å². The van der Waals surface area contributed by atoms with Gasteiger partial charge in [-0.2, -0.15) is 13.2 Å². The van der Waals surface area contributed by atoms with Crippen LogP contribution in [0.3, 0.4) is 0 Å². The number of primary sulfonamides is 1. The van der Waals surface area contributed by atoms with Crippen LogP contribution in [0.4, 0.5) is 33.5 Å². The highest BCUT2D eigenvalue weighted by Crippen LogP contribution is 2.37. The fraction of sp³-hybridized carbons (Fsp3) is 0.389. The Labute approximate surface area is 179 Å². The Hall–Kier alpha value is -2.87. The van der Waals surface area contributed by atoms with Crippen molar-refractivity contribution < 1.29 is 35.2 Å². The standard InChI is InChI=1S/C18H18F5N5O3S/c1-10-8-17(19,20)3-5-28(10)15-13(6-11(9-26-15)18(21,22)23)16(29)27-12-2-4-25-14(7-12)32(24,30)31/h2,4,6-7,9-10H,3,5,8H2,1H3,(H2,24,30,31)(H,25,27,29). The van der Waals surface area contributed by atoms with Crippen LogP contribution in [-0.4, -0.2) is 42.8 Å². The van der Waals surface area contributed by atoms with E-state index in [-0.39, 0.29) is 18.1 Å². The topological polar surface area (TPSA) is 118 Å². The molecule has 3 heterocycles. The van der Waals surface area contributed by atoms with Gasteiger partial charge in [0.2, 0.25) is 0 Å². The Balaban J connectivity index is 2.00. The summed E-state index contributed by atoms with van der Waals surface area (Å²) in [5, 5.41) is 6.70. The molecule has 0 aliphatic carbocycles. The van der Waals surface area contributed by atoms with Crippen molar-refractivity contribution in [2.24, 2.45) is 5.14 Å². The molecule has 1 unspecified atom stereocenters. The molecule has 2 aromatic rings. The van der Waals surface area contributed by atoms with Crippen molar-refractivity contribution in [2.45, 2.75) is 42.9 Å². The molecule has 8 nitrogen and oxygen atoms in total. The number of nitrogens with zero attached hydrogens (tertiary/aromatic N) is 3. The number of nitrogens with two attached hydrogens (primary N) is 1. The molecule has 1 fully saturated rings. The summed E-state index contributed by atoms with van der Waals surface area (Å²) < 4.78 is 90.0. The van der Waals surface area contributed by atoms with Gasteiger partial charge < -0.3 is 10.2 Å². The zero-order valence-electron chi connectivity index (χ0n) is 16.5. The summed E-state index contributed by atoms with van der Waals surface area (Å²) in [6.45, 7) is 1.23. The first kappa shape index (κ1) is 23.8. The number of aromatic nitrogens is 2. The van der Waals surface area contributed by atoms with E-state index in [2.05, 4.69) is 15.3 Å². The fourth-order valence-electron chi connectivity index (χ4n) is 3.31. The number of carbonyl (C=O) groups is 1. The Kier molecular flexibility index (Phi) is 6.12. The fourth-order valence-corrected chi connectivity index (χ4v) is 3.81. The zero-order valence-corrected chi connectivity index (χ0v) is 17.3. The third-order valence-corrected chi connectivity index (χ3v) is 5.65. The number of hydrogen-bond donors (Lipinski definition) is 2. The van der Waals surface area contributed by atoms with Gasteiger partial charge in [-0.1, -0.05) is 0 Å². The van der Waals surface area contributed by atoms with Crippen LogP contribution in [0, 0.1) is 0 Å². The number of pyridine rings is 2. The smallest absolute Gasteiger partial charge is 0.353 e. The molecule has 2 aromatic heterocycles. The van der Waals surface area contributed by atoms with Crippen molar-refractivity contribution in [2.75, 3.05) is 16.8 Å². The van der Waals surface area contributed by atoms with E-state index in [4.69, 9.17) is 5.14 Å². The van der Waals surface area contributed by atoms with E-state index in [1.165, 1.54) is 17.9 Å². The van der Waals surface area contributed by atoms with Gasteiger partial charge in [-0.25, -0.2) is 32.3 Å². The van der Waals surface area contributed by atoms with Crippen LogP contribution in [0.5, 0.6) is 0 Å². The first-order valence-electron chi connectivity index (χ1n) is 9.19. The monoisotopic (exact) mass is 479 g/mol. The summed E-state index contributed by atoms with van der Waals surface area (Å²) in [4.78, 5) is 21.5. The maximum Gasteiger partial charge on any atom is 0.417 e. The van der Waals surface area contributed by atoms with E-state index in [9.17, 15) is 35.2 Å². The second-order valence-electron chi connectivity index (χ2n) is 7.33. The average Bonchev–Trinajstić information content (AvgIpc) is 2.66. The molecular formula is C18H18F5N5O3S. The summed E-state index contributed by atoms with van der Waals surface area (Å²) in [5.41, 5.74) is -1.82. The van der Waals surface area contributed by atoms with Crippen LogP contribution in [0.1, 0.15) is 35.7 Å². The van der Waals surface area contributed by atoms with E-state index in [1.54, 1.807) is 0 Å². The van der Waals surface area contributed by atoms with E-state index < -0.39 is 63.1 Å². The predicted octanol–water partition coefficient (Wildman–Crippen LogP) is 3.02. The zero-order chi connectivity index (χ0) is 23.9. The summed E-state index contributed by atoms with van der Waals surface area (Å²) in [5.74, 6) is -4.18. The third-order valence-electron chi connectivity index (χ3n) is 4.84. The maximum absolute atomic E-state index is 13.7. The molecule has 0 bridgehead atoms. The third kappa shape index (κ3) is 5.30.